The lowest BCUT2D eigenvalue weighted by Gasteiger charge is -2.33. The second-order valence-electron chi connectivity index (χ2n) is 5.75. The van der Waals surface area contributed by atoms with Crippen molar-refractivity contribution in [1.82, 2.24) is 15.1 Å². The molecule has 1 N–H and O–H groups in total. The van der Waals surface area contributed by atoms with Crippen LogP contribution in [-0.4, -0.2) is 62.1 Å². The zero-order chi connectivity index (χ0) is 17.0. The van der Waals surface area contributed by atoms with Gasteiger partial charge in [-0.05, 0) is 31.0 Å². The first-order chi connectivity index (χ1) is 10.9. The number of halogens is 1. The van der Waals surface area contributed by atoms with Gasteiger partial charge in [-0.2, -0.15) is 0 Å². The molecule has 0 saturated carbocycles. The maximum atomic E-state index is 12.7. The van der Waals surface area contributed by atoms with Crippen LogP contribution in [0, 0.1) is 0 Å². The van der Waals surface area contributed by atoms with Crippen molar-refractivity contribution in [2.45, 2.75) is 18.9 Å². The number of carbonyl (C=O) groups is 2. The number of hydrogen-bond acceptors (Lipinski definition) is 3. The van der Waals surface area contributed by atoms with Gasteiger partial charge >= 0.3 is 6.03 Å². The number of piperidine rings is 1. The molecule has 1 aromatic carbocycles. The zero-order valence-corrected chi connectivity index (χ0v) is 14.4. The SMILES string of the molecule is COc1ccc(Cl)cc1C(=O)N1CCC(NC(=O)N(C)C)CC1. The summed E-state index contributed by atoms with van der Waals surface area (Å²) in [6.07, 6.45) is 1.46. The van der Waals surface area contributed by atoms with Crippen LogP contribution in [0.25, 0.3) is 0 Å². The number of nitrogens with zero attached hydrogens (tertiary/aromatic N) is 2. The van der Waals surface area contributed by atoms with E-state index in [-0.39, 0.29) is 18.0 Å². The van der Waals surface area contributed by atoms with Crippen molar-refractivity contribution in [1.29, 1.82) is 0 Å². The first kappa shape index (κ1) is 17.4. The molecule has 0 unspecified atom stereocenters. The zero-order valence-electron chi connectivity index (χ0n) is 13.6. The second-order valence-corrected chi connectivity index (χ2v) is 6.19. The van der Waals surface area contributed by atoms with Gasteiger partial charge in [0.2, 0.25) is 0 Å². The molecule has 126 valence electrons. The highest BCUT2D eigenvalue weighted by atomic mass is 35.5. The van der Waals surface area contributed by atoms with E-state index in [4.69, 9.17) is 16.3 Å². The quantitative estimate of drug-likeness (QED) is 0.918. The fourth-order valence-electron chi connectivity index (χ4n) is 2.55. The molecule has 6 nitrogen and oxygen atoms in total. The summed E-state index contributed by atoms with van der Waals surface area (Å²) >= 11 is 5.99. The number of urea groups is 1. The van der Waals surface area contributed by atoms with Crippen molar-refractivity contribution in [2.24, 2.45) is 0 Å². The highest BCUT2D eigenvalue weighted by molar-refractivity contribution is 6.31. The minimum absolute atomic E-state index is 0.0928. The molecule has 1 aliphatic rings. The third-order valence-corrected chi connectivity index (χ3v) is 4.14. The van der Waals surface area contributed by atoms with Crippen LogP contribution in [-0.2, 0) is 0 Å². The van der Waals surface area contributed by atoms with Gasteiger partial charge in [-0.25, -0.2) is 4.79 Å². The molecule has 1 heterocycles. The maximum Gasteiger partial charge on any atom is 0.317 e. The second kappa shape index (κ2) is 7.55. The summed E-state index contributed by atoms with van der Waals surface area (Å²) in [6, 6.07) is 5.00. The van der Waals surface area contributed by atoms with Gasteiger partial charge in [-0.1, -0.05) is 11.6 Å². The van der Waals surface area contributed by atoms with Gasteiger partial charge < -0.3 is 19.9 Å². The number of benzene rings is 1. The van der Waals surface area contributed by atoms with E-state index in [2.05, 4.69) is 5.32 Å². The number of likely N-dealkylation sites (tertiary alicyclic amines) is 1. The topological polar surface area (TPSA) is 61.9 Å². The monoisotopic (exact) mass is 339 g/mol. The Morgan fingerprint density at radius 1 is 1.30 bits per heavy atom. The molecule has 0 atom stereocenters. The molecule has 1 aromatic rings. The third-order valence-electron chi connectivity index (χ3n) is 3.91. The Morgan fingerprint density at radius 3 is 2.52 bits per heavy atom. The van der Waals surface area contributed by atoms with Gasteiger partial charge in [-0.15, -0.1) is 0 Å². The minimum Gasteiger partial charge on any atom is -0.496 e. The Morgan fingerprint density at radius 2 is 1.96 bits per heavy atom. The Labute approximate surface area is 141 Å². The Kier molecular flexibility index (Phi) is 5.71. The normalized spacial score (nSPS) is 15.2. The van der Waals surface area contributed by atoms with Crippen LogP contribution in [0.4, 0.5) is 4.79 Å². The van der Waals surface area contributed by atoms with Gasteiger partial charge in [0.15, 0.2) is 0 Å². The minimum atomic E-state index is -0.105. The van der Waals surface area contributed by atoms with E-state index < -0.39 is 0 Å². The Balaban J connectivity index is 1.99. The summed E-state index contributed by atoms with van der Waals surface area (Å²) in [5.74, 6) is 0.421. The molecule has 0 radical (unpaired) electrons. The summed E-state index contributed by atoms with van der Waals surface area (Å²) < 4.78 is 5.24. The molecular formula is C16H22ClN3O3. The lowest BCUT2D eigenvalue weighted by Crippen LogP contribution is -2.48. The van der Waals surface area contributed by atoms with Crippen molar-refractivity contribution in [3.8, 4) is 5.75 Å². The van der Waals surface area contributed by atoms with Gasteiger partial charge in [0.25, 0.3) is 5.91 Å². The number of hydrogen-bond donors (Lipinski definition) is 1. The van der Waals surface area contributed by atoms with Crippen LogP contribution in [0.15, 0.2) is 18.2 Å². The third kappa shape index (κ3) is 4.28. The summed E-state index contributed by atoms with van der Waals surface area (Å²) in [5, 5.41) is 3.45. The first-order valence-corrected chi connectivity index (χ1v) is 7.90. The summed E-state index contributed by atoms with van der Waals surface area (Å²) in [4.78, 5) is 27.6. The van der Waals surface area contributed by atoms with Gasteiger partial charge in [0, 0.05) is 38.2 Å². The highest BCUT2D eigenvalue weighted by Crippen LogP contribution is 2.25. The van der Waals surface area contributed by atoms with Crippen LogP contribution in [0.2, 0.25) is 5.02 Å². The number of methoxy groups -OCH3 is 1. The predicted molar refractivity (Wildman–Crippen MR) is 89.1 cm³/mol. The largest absolute Gasteiger partial charge is 0.496 e. The van der Waals surface area contributed by atoms with Crippen LogP contribution >= 0.6 is 11.6 Å². The van der Waals surface area contributed by atoms with Crippen molar-refractivity contribution in [2.75, 3.05) is 34.3 Å². The summed E-state index contributed by atoms with van der Waals surface area (Å²) in [6.45, 7) is 1.18. The Bertz CT molecular complexity index is 584. The van der Waals surface area contributed by atoms with E-state index in [9.17, 15) is 9.59 Å². The number of nitrogens with one attached hydrogen (secondary N) is 1. The van der Waals surface area contributed by atoms with Gasteiger partial charge in [-0.3, -0.25) is 4.79 Å². The van der Waals surface area contributed by atoms with Crippen LogP contribution < -0.4 is 10.1 Å². The average molecular weight is 340 g/mol. The van der Waals surface area contributed by atoms with E-state index in [1.807, 2.05) is 0 Å². The van der Waals surface area contributed by atoms with Crippen LogP contribution in [0.5, 0.6) is 5.75 Å². The molecule has 3 amide bonds. The highest BCUT2D eigenvalue weighted by Gasteiger charge is 2.26. The summed E-state index contributed by atoms with van der Waals surface area (Å²) in [7, 11) is 4.95. The lowest BCUT2D eigenvalue weighted by atomic mass is 10.0. The average Bonchev–Trinajstić information content (AvgIpc) is 2.54. The van der Waals surface area contributed by atoms with Crippen molar-refractivity contribution in [3.63, 3.8) is 0 Å². The van der Waals surface area contributed by atoms with Crippen molar-refractivity contribution >= 4 is 23.5 Å². The molecule has 1 fully saturated rings. The van der Waals surface area contributed by atoms with E-state index in [0.29, 0.717) is 29.4 Å². The van der Waals surface area contributed by atoms with Crippen molar-refractivity contribution < 1.29 is 14.3 Å². The standard InChI is InChI=1S/C16H22ClN3O3/c1-19(2)16(22)18-12-6-8-20(9-7-12)15(21)13-10-11(17)4-5-14(13)23-3/h4-5,10,12H,6-9H2,1-3H3,(H,18,22). The molecule has 23 heavy (non-hydrogen) atoms. The molecule has 2 rings (SSSR count). The van der Waals surface area contributed by atoms with E-state index in [1.54, 1.807) is 37.2 Å². The van der Waals surface area contributed by atoms with Gasteiger partial charge in [0.05, 0.1) is 12.7 Å². The predicted octanol–water partition coefficient (Wildman–Crippen LogP) is 2.22. The molecule has 0 bridgehead atoms. The van der Waals surface area contributed by atoms with Crippen LogP contribution in [0.1, 0.15) is 23.2 Å². The fourth-order valence-corrected chi connectivity index (χ4v) is 2.72. The molecule has 7 heteroatoms. The summed E-state index contributed by atoms with van der Waals surface area (Å²) in [5.41, 5.74) is 0.468. The van der Waals surface area contributed by atoms with E-state index in [0.717, 1.165) is 12.8 Å². The number of amides is 3. The molecule has 1 saturated heterocycles. The maximum absolute atomic E-state index is 12.7. The fraction of sp³-hybridized carbons (Fsp3) is 0.500. The number of carbonyl (C=O) groups excluding carboxylic acids is 2. The van der Waals surface area contributed by atoms with E-state index >= 15 is 0 Å². The molecular weight excluding hydrogens is 318 g/mol. The lowest BCUT2D eigenvalue weighted by molar-refractivity contribution is 0.0704. The molecule has 0 aromatic heterocycles. The first-order valence-electron chi connectivity index (χ1n) is 7.53. The molecule has 1 aliphatic heterocycles. The molecule has 0 spiro atoms. The van der Waals surface area contributed by atoms with Crippen LogP contribution in [0.3, 0.4) is 0 Å². The van der Waals surface area contributed by atoms with E-state index in [1.165, 1.54) is 12.0 Å². The Hall–Kier alpha value is -1.95. The van der Waals surface area contributed by atoms with Crippen molar-refractivity contribution in [3.05, 3.63) is 28.8 Å². The number of ether oxygens (including phenoxy) is 1. The van der Waals surface area contributed by atoms with Gasteiger partial charge in [0.1, 0.15) is 5.75 Å². The molecule has 0 aliphatic carbocycles. The number of rotatable bonds is 3. The smallest absolute Gasteiger partial charge is 0.317 e.